The number of nitrogens with one attached hydrogen (secondary N) is 1. The summed E-state index contributed by atoms with van der Waals surface area (Å²) < 4.78 is 0. The van der Waals surface area contributed by atoms with Gasteiger partial charge in [0.05, 0.1) is 18.1 Å². The van der Waals surface area contributed by atoms with Gasteiger partial charge in [0.15, 0.2) is 0 Å². The van der Waals surface area contributed by atoms with Gasteiger partial charge in [-0.1, -0.05) is 0 Å². The molecule has 10 heavy (non-hydrogen) atoms. The van der Waals surface area contributed by atoms with E-state index in [-0.39, 0.29) is 0 Å². The Hall–Kier alpha value is -1.72. The zero-order valence-electron chi connectivity index (χ0n) is 4.85. The summed E-state index contributed by atoms with van der Waals surface area (Å²) in [5.41, 5.74) is 0.308. The molecule has 2 N–H and O–H groups in total. The number of anilines is 1. The Morgan fingerprint density at radius 3 is 2.60 bits per heavy atom. The van der Waals surface area contributed by atoms with Crippen molar-refractivity contribution >= 4 is 11.8 Å². The molecule has 0 aromatic carbocycles. The van der Waals surface area contributed by atoms with Crippen LogP contribution < -0.4 is 5.32 Å². The number of carboxylic acid groups (broad SMARTS) is 1. The molecule has 0 aliphatic carbocycles. The van der Waals surface area contributed by atoms with Gasteiger partial charge in [0.1, 0.15) is 0 Å². The van der Waals surface area contributed by atoms with Crippen molar-refractivity contribution in [3.05, 3.63) is 12.4 Å². The first-order valence-electron chi connectivity index (χ1n) is 2.42. The molecular weight excluding hydrogens is 136 g/mol. The smallest absolute Gasteiger partial charge is 0.409 e. The van der Waals surface area contributed by atoms with Crippen LogP contribution in [0.5, 0.6) is 0 Å². The number of hydrogen-bond donors (Lipinski definition) is 2. The van der Waals surface area contributed by atoms with Crippen LogP contribution in [0.1, 0.15) is 0 Å². The van der Waals surface area contributed by atoms with Crippen molar-refractivity contribution in [2.24, 2.45) is 0 Å². The predicted molar refractivity (Wildman–Crippen MR) is 31.5 cm³/mol. The zero-order valence-corrected chi connectivity index (χ0v) is 4.85. The van der Waals surface area contributed by atoms with Crippen molar-refractivity contribution in [2.45, 2.75) is 0 Å². The number of carbonyl (C=O) groups is 1. The maximum Gasteiger partial charge on any atom is 0.409 e. The van der Waals surface area contributed by atoms with Gasteiger partial charge in [-0.15, -0.1) is 10.2 Å². The van der Waals surface area contributed by atoms with E-state index in [4.69, 9.17) is 5.11 Å². The highest BCUT2D eigenvalue weighted by Crippen LogP contribution is 1.97. The van der Waals surface area contributed by atoms with Crippen molar-refractivity contribution in [1.29, 1.82) is 0 Å². The average Bonchev–Trinajstić information content (AvgIpc) is 1.88. The molecule has 6 nitrogen and oxygen atoms in total. The van der Waals surface area contributed by atoms with Crippen LogP contribution in [0, 0.1) is 0 Å². The Morgan fingerprint density at radius 2 is 2.10 bits per heavy atom. The third-order valence-electron chi connectivity index (χ3n) is 0.748. The van der Waals surface area contributed by atoms with Crippen molar-refractivity contribution in [3.8, 4) is 0 Å². The summed E-state index contributed by atoms with van der Waals surface area (Å²) in [6.07, 6.45) is 1.39. The summed E-state index contributed by atoms with van der Waals surface area (Å²) in [6, 6.07) is 0. The first-order chi connectivity index (χ1) is 4.79. The standard InChI is InChI=1S/C4H4N4O2/c9-4(10)7-3-1-5-8-6-2-3/h1-2H,(H,7,8)(H,9,10). The van der Waals surface area contributed by atoms with Gasteiger partial charge in [-0.3, -0.25) is 5.32 Å². The first kappa shape index (κ1) is 6.40. The lowest BCUT2D eigenvalue weighted by Gasteiger charge is -1.94. The lowest BCUT2D eigenvalue weighted by molar-refractivity contribution is 0.209. The Bertz CT molecular complexity index is 224. The second kappa shape index (κ2) is 2.72. The molecule has 0 spiro atoms. The van der Waals surface area contributed by atoms with E-state index in [1.165, 1.54) is 12.4 Å². The van der Waals surface area contributed by atoms with Gasteiger partial charge in [-0.2, -0.15) is 0 Å². The molecule has 0 unspecified atom stereocenters. The van der Waals surface area contributed by atoms with E-state index in [1.54, 1.807) is 0 Å². The first-order valence-corrected chi connectivity index (χ1v) is 2.42. The van der Waals surface area contributed by atoms with Gasteiger partial charge in [0, 0.05) is 0 Å². The third-order valence-corrected chi connectivity index (χ3v) is 0.748. The minimum absolute atomic E-state index is 0.308. The highest BCUT2D eigenvalue weighted by molar-refractivity contribution is 5.82. The van der Waals surface area contributed by atoms with E-state index >= 15 is 0 Å². The molecular formula is C4H4N4O2. The van der Waals surface area contributed by atoms with Crippen LogP contribution in [0.4, 0.5) is 10.5 Å². The van der Waals surface area contributed by atoms with Gasteiger partial charge < -0.3 is 5.11 Å². The number of aromatic nitrogens is 3. The normalized spacial score (nSPS) is 8.80. The Labute approximate surface area is 55.9 Å². The molecule has 52 valence electrons. The molecule has 0 bridgehead atoms. The maximum absolute atomic E-state index is 9.98. The summed E-state index contributed by atoms with van der Waals surface area (Å²) >= 11 is 0. The molecule has 1 rings (SSSR count). The van der Waals surface area contributed by atoms with E-state index < -0.39 is 6.09 Å². The molecule has 0 saturated carbocycles. The predicted octanol–water partition coefficient (Wildman–Crippen LogP) is -0.0385. The number of nitrogens with zero attached hydrogens (tertiary/aromatic N) is 3. The van der Waals surface area contributed by atoms with Crippen LogP contribution in [0.3, 0.4) is 0 Å². The highest BCUT2D eigenvalue weighted by atomic mass is 16.4. The summed E-state index contributed by atoms with van der Waals surface area (Å²) in [4.78, 5) is 9.98. The fraction of sp³-hybridized carbons (Fsp3) is 0. The molecule has 6 heteroatoms. The molecule has 1 amide bonds. The summed E-state index contributed by atoms with van der Waals surface area (Å²) in [5.74, 6) is 0. The van der Waals surface area contributed by atoms with Crippen molar-refractivity contribution in [2.75, 3.05) is 5.32 Å². The molecule has 1 aromatic heterocycles. The summed E-state index contributed by atoms with van der Waals surface area (Å²) in [7, 11) is 0. The van der Waals surface area contributed by atoms with Crippen LogP contribution in [0.25, 0.3) is 0 Å². The van der Waals surface area contributed by atoms with Crippen LogP contribution >= 0.6 is 0 Å². The van der Waals surface area contributed by atoms with Crippen LogP contribution in [0.15, 0.2) is 12.4 Å². The Morgan fingerprint density at radius 1 is 1.50 bits per heavy atom. The topological polar surface area (TPSA) is 88.0 Å². The average molecular weight is 140 g/mol. The lowest BCUT2D eigenvalue weighted by atomic mass is 10.6. The van der Waals surface area contributed by atoms with Crippen LogP contribution in [-0.4, -0.2) is 26.6 Å². The molecule has 1 heterocycles. The van der Waals surface area contributed by atoms with E-state index in [2.05, 4.69) is 20.7 Å². The molecule has 1 aromatic rings. The second-order valence-corrected chi connectivity index (χ2v) is 1.46. The van der Waals surface area contributed by atoms with Crippen molar-refractivity contribution in [1.82, 2.24) is 15.4 Å². The van der Waals surface area contributed by atoms with E-state index in [1.807, 2.05) is 0 Å². The van der Waals surface area contributed by atoms with E-state index in [0.29, 0.717) is 5.69 Å². The minimum atomic E-state index is -1.14. The zero-order chi connectivity index (χ0) is 7.40. The largest absolute Gasteiger partial charge is 0.465 e. The fourth-order valence-corrected chi connectivity index (χ4v) is 0.427. The Kier molecular flexibility index (Phi) is 1.74. The number of hydrogen-bond acceptors (Lipinski definition) is 4. The van der Waals surface area contributed by atoms with Gasteiger partial charge >= 0.3 is 6.09 Å². The van der Waals surface area contributed by atoms with Gasteiger partial charge in [0.25, 0.3) is 0 Å². The molecule has 0 aliphatic heterocycles. The molecule has 0 radical (unpaired) electrons. The quantitative estimate of drug-likeness (QED) is 0.571. The SMILES string of the molecule is O=C(O)Nc1cnnnc1. The van der Waals surface area contributed by atoms with Crippen molar-refractivity contribution in [3.63, 3.8) is 0 Å². The van der Waals surface area contributed by atoms with E-state index in [0.717, 1.165) is 0 Å². The van der Waals surface area contributed by atoms with Crippen LogP contribution in [-0.2, 0) is 0 Å². The Balaban J connectivity index is 2.67. The number of rotatable bonds is 1. The molecule has 0 atom stereocenters. The van der Waals surface area contributed by atoms with E-state index in [9.17, 15) is 4.79 Å². The number of amides is 1. The summed E-state index contributed by atoms with van der Waals surface area (Å²) in [6.45, 7) is 0. The van der Waals surface area contributed by atoms with Gasteiger partial charge in [-0.05, 0) is 5.21 Å². The fourth-order valence-electron chi connectivity index (χ4n) is 0.427. The highest BCUT2D eigenvalue weighted by Gasteiger charge is 1.95. The summed E-state index contributed by atoms with van der Waals surface area (Å²) in [5, 5.41) is 20.2. The van der Waals surface area contributed by atoms with Crippen LogP contribution in [0.2, 0.25) is 0 Å². The lowest BCUT2D eigenvalue weighted by Crippen LogP contribution is -2.07. The molecule has 0 saturated heterocycles. The molecule has 0 aliphatic rings. The minimum Gasteiger partial charge on any atom is -0.465 e. The monoisotopic (exact) mass is 140 g/mol. The maximum atomic E-state index is 9.98. The van der Waals surface area contributed by atoms with Gasteiger partial charge in [0.2, 0.25) is 0 Å². The van der Waals surface area contributed by atoms with Gasteiger partial charge in [-0.25, -0.2) is 4.79 Å². The second-order valence-electron chi connectivity index (χ2n) is 1.46. The van der Waals surface area contributed by atoms with Crippen molar-refractivity contribution < 1.29 is 9.90 Å². The molecule has 0 fully saturated rings. The third kappa shape index (κ3) is 1.66.